The monoisotopic (exact) mass is 161 g/mol. The molecule has 1 nitrogen and oxygen atoms in total. The zero-order valence-corrected chi connectivity index (χ0v) is 5.08. The average molecular weight is 160 g/mol. The van der Waals surface area contributed by atoms with Crippen LogP contribution in [0.3, 0.4) is 0 Å². The van der Waals surface area contributed by atoms with Crippen LogP contribution in [0.15, 0.2) is 0 Å². The van der Waals surface area contributed by atoms with Crippen molar-refractivity contribution in [1.29, 1.82) is 0 Å². The van der Waals surface area contributed by atoms with Crippen molar-refractivity contribution in [2.75, 3.05) is 0 Å². The summed E-state index contributed by atoms with van der Waals surface area (Å²) in [7, 11) is 0. The molecule has 0 aliphatic carbocycles. The van der Waals surface area contributed by atoms with Crippen LogP contribution in [0.5, 0.6) is 0 Å². The number of hydrogen-bond acceptors (Lipinski definition) is 1. The van der Waals surface area contributed by atoms with Crippen molar-refractivity contribution in [3.63, 3.8) is 0 Å². The second-order valence-electron chi connectivity index (χ2n) is 1.13. The van der Waals surface area contributed by atoms with Crippen molar-refractivity contribution in [3.05, 3.63) is 0 Å². The van der Waals surface area contributed by atoms with Crippen LogP contribution in [0.2, 0.25) is 0 Å². The van der Waals surface area contributed by atoms with Crippen molar-refractivity contribution in [1.82, 2.24) is 0 Å². The van der Waals surface area contributed by atoms with Crippen LogP contribution in [0.1, 0.15) is 13.8 Å². The van der Waals surface area contributed by atoms with Gasteiger partial charge in [0.2, 0.25) is 0 Å². The summed E-state index contributed by atoms with van der Waals surface area (Å²) in [5, 5.41) is 0. The molecule has 0 spiro atoms. The van der Waals surface area contributed by atoms with Gasteiger partial charge in [0, 0.05) is 0 Å². The minimum absolute atomic E-state index is 0.353. The predicted molar refractivity (Wildman–Crippen MR) is 16.2 cm³/mol. The Morgan fingerprint density at radius 2 is 1.80 bits per heavy atom. The molecule has 0 aromatic carbocycles. The van der Waals surface area contributed by atoms with Crippen LogP contribution < -0.4 is 0 Å². The second-order valence-corrected chi connectivity index (χ2v) is 1.54. The zero-order valence-electron chi connectivity index (χ0n) is 3.34. The van der Waals surface area contributed by atoms with E-state index in [0.717, 1.165) is 0 Å². The summed E-state index contributed by atoms with van der Waals surface area (Å²) in [5.41, 5.74) is 0. The van der Waals surface area contributed by atoms with E-state index in [1.165, 1.54) is 0 Å². The molecule has 0 saturated heterocycles. The molecule has 0 radical (unpaired) electrons. The van der Waals surface area contributed by atoms with Gasteiger partial charge in [0.05, 0.1) is 0 Å². The Morgan fingerprint density at radius 1 is 1.60 bits per heavy atom. The van der Waals surface area contributed by atoms with Gasteiger partial charge >= 0.3 is 42.2 Å². The molecule has 0 unspecified atom stereocenters. The molecule has 0 heterocycles. The molecular formula is C3H7ORu. The molecule has 5 heavy (non-hydrogen) atoms. The first kappa shape index (κ1) is 5.58. The molecule has 33 valence electrons. The fourth-order valence-corrected chi connectivity index (χ4v) is 0. The summed E-state index contributed by atoms with van der Waals surface area (Å²) in [6.45, 7) is 3.96. The van der Waals surface area contributed by atoms with Crippen LogP contribution in [0.4, 0.5) is 0 Å². The molecule has 0 aliphatic heterocycles. The normalized spacial score (nSPS) is 9.60. The van der Waals surface area contributed by atoms with Crippen LogP contribution in [0.25, 0.3) is 0 Å². The van der Waals surface area contributed by atoms with Crippen LogP contribution in [-0.4, -0.2) is 6.10 Å². The number of hydrogen-bond donors (Lipinski definition) is 0. The molecule has 0 aromatic rings. The van der Waals surface area contributed by atoms with Crippen molar-refractivity contribution in [3.8, 4) is 0 Å². The average Bonchev–Trinajstić information content (AvgIpc) is 1.38. The first-order valence-corrected chi connectivity index (χ1v) is 2.24. The number of rotatable bonds is 1. The Bertz CT molecular complexity index is 20.9. The van der Waals surface area contributed by atoms with Crippen LogP contribution in [0, 0.1) is 0 Å². The molecule has 0 saturated carbocycles. The van der Waals surface area contributed by atoms with E-state index < -0.39 is 0 Å². The van der Waals surface area contributed by atoms with Gasteiger partial charge in [-0.05, 0) is 0 Å². The van der Waals surface area contributed by atoms with Gasteiger partial charge in [0.15, 0.2) is 0 Å². The summed E-state index contributed by atoms with van der Waals surface area (Å²) in [6.07, 6.45) is 0.353. The molecule has 0 fully saturated rings. The van der Waals surface area contributed by atoms with Gasteiger partial charge in [-0.1, -0.05) is 0 Å². The van der Waals surface area contributed by atoms with Crippen molar-refractivity contribution >= 4 is 0 Å². The van der Waals surface area contributed by atoms with Gasteiger partial charge in [-0.15, -0.1) is 0 Å². The first-order chi connectivity index (χ1) is 2.27. The summed E-state index contributed by atoms with van der Waals surface area (Å²) in [4.78, 5) is 0. The minimum atomic E-state index is 0.353. The van der Waals surface area contributed by atoms with Crippen LogP contribution in [-0.2, 0) is 22.2 Å². The van der Waals surface area contributed by atoms with Crippen molar-refractivity contribution in [2.24, 2.45) is 0 Å². The Hall–Kier alpha value is 0.583. The first-order valence-electron chi connectivity index (χ1n) is 1.53. The summed E-state index contributed by atoms with van der Waals surface area (Å²) >= 11 is 2.12. The van der Waals surface area contributed by atoms with E-state index in [0.29, 0.717) is 6.10 Å². The summed E-state index contributed by atoms with van der Waals surface area (Å²) in [5.74, 6) is 0. The van der Waals surface area contributed by atoms with E-state index >= 15 is 0 Å². The maximum absolute atomic E-state index is 4.68. The third kappa shape index (κ3) is 4.58. The van der Waals surface area contributed by atoms with E-state index in [-0.39, 0.29) is 0 Å². The van der Waals surface area contributed by atoms with Gasteiger partial charge < -0.3 is 0 Å². The molecule has 0 N–H and O–H groups in total. The quantitative estimate of drug-likeness (QED) is 0.517. The Balaban J connectivity index is 2.54. The second kappa shape index (κ2) is 2.80. The van der Waals surface area contributed by atoms with Crippen molar-refractivity contribution < 1.29 is 22.2 Å². The molecule has 2 heteroatoms. The van der Waals surface area contributed by atoms with Gasteiger partial charge in [-0.3, -0.25) is 0 Å². The maximum atomic E-state index is 4.68. The summed E-state index contributed by atoms with van der Waals surface area (Å²) < 4.78 is 4.68. The molecular weight excluding hydrogens is 153 g/mol. The van der Waals surface area contributed by atoms with E-state index in [4.69, 9.17) is 0 Å². The topological polar surface area (TPSA) is 9.23 Å². The molecule has 0 aliphatic rings. The van der Waals surface area contributed by atoms with Gasteiger partial charge in [-0.25, -0.2) is 0 Å². The Labute approximate surface area is 42.8 Å². The van der Waals surface area contributed by atoms with Crippen molar-refractivity contribution in [2.45, 2.75) is 20.0 Å². The molecule has 0 bridgehead atoms. The zero-order chi connectivity index (χ0) is 4.28. The molecule has 0 aromatic heterocycles. The SMILES string of the molecule is CC(C)[O][Ru]. The molecule has 0 atom stereocenters. The Morgan fingerprint density at radius 3 is 1.80 bits per heavy atom. The fourth-order valence-electron chi connectivity index (χ4n) is 0. The van der Waals surface area contributed by atoms with Crippen LogP contribution >= 0.6 is 0 Å². The summed E-state index contributed by atoms with van der Waals surface area (Å²) in [6, 6.07) is 0. The van der Waals surface area contributed by atoms with E-state index in [2.05, 4.69) is 22.2 Å². The van der Waals surface area contributed by atoms with E-state index in [9.17, 15) is 0 Å². The molecule has 0 amide bonds. The fraction of sp³-hybridized carbons (Fsp3) is 1.00. The molecule has 0 rings (SSSR count). The third-order valence-electron chi connectivity index (χ3n) is 0.167. The third-order valence-corrected chi connectivity index (χ3v) is 0.986. The standard InChI is InChI=1S/C3H7O.Ru/c1-3(2)4;/h3H,1-2H3;/q-1;+1. The van der Waals surface area contributed by atoms with Gasteiger partial charge in [0.25, 0.3) is 0 Å². The van der Waals surface area contributed by atoms with E-state index in [1.807, 2.05) is 13.8 Å². The predicted octanol–water partition coefficient (Wildman–Crippen LogP) is 0.873. The van der Waals surface area contributed by atoms with Gasteiger partial charge in [0.1, 0.15) is 0 Å². The van der Waals surface area contributed by atoms with Gasteiger partial charge in [-0.2, -0.15) is 0 Å². The van der Waals surface area contributed by atoms with E-state index in [1.54, 1.807) is 0 Å². The Kier molecular flexibility index (Phi) is 3.13.